The highest BCUT2D eigenvalue weighted by Crippen LogP contribution is 2.26. The molecule has 1 fully saturated rings. The number of carbonyl (C=O) groups excluding carboxylic acids is 1. The Morgan fingerprint density at radius 1 is 1.42 bits per heavy atom. The molecule has 0 heterocycles. The van der Waals surface area contributed by atoms with Crippen LogP contribution in [0.5, 0.6) is 0 Å². The molecule has 2 rings (SSSR count). The third-order valence-electron chi connectivity index (χ3n) is 3.34. The number of benzene rings is 1. The summed E-state index contributed by atoms with van der Waals surface area (Å²) in [6.45, 7) is 1.68. The van der Waals surface area contributed by atoms with Crippen LogP contribution in [-0.2, 0) is 14.6 Å². The number of carbonyl (C=O) groups is 1. The van der Waals surface area contributed by atoms with Crippen LogP contribution in [-0.4, -0.2) is 38.1 Å². The van der Waals surface area contributed by atoms with Gasteiger partial charge in [0.2, 0.25) is 5.91 Å². The van der Waals surface area contributed by atoms with E-state index in [4.69, 9.17) is 5.73 Å². The molecule has 1 amide bonds. The van der Waals surface area contributed by atoms with Crippen LogP contribution in [0.25, 0.3) is 0 Å². The number of nitrogens with two attached hydrogens (primary N) is 1. The van der Waals surface area contributed by atoms with Crippen LogP contribution in [0.2, 0.25) is 0 Å². The van der Waals surface area contributed by atoms with Gasteiger partial charge in [-0.15, -0.1) is 0 Å². The van der Waals surface area contributed by atoms with E-state index in [1.807, 2.05) is 0 Å². The maximum Gasteiger partial charge on any atom is 0.238 e. The molecular formula is C13H18N2O3S. The van der Waals surface area contributed by atoms with E-state index < -0.39 is 15.6 Å². The highest BCUT2D eigenvalue weighted by Gasteiger charge is 2.32. The minimum absolute atomic E-state index is 0.180. The zero-order valence-electron chi connectivity index (χ0n) is 11.1. The van der Waals surface area contributed by atoms with Crippen LogP contribution >= 0.6 is 0 Å². The number of hydrogen-bond acceptors (Lipinski definition) is 4. The molecule has 0 atom stereocenters. The fourth-order valence-electron chi connectivity index (χ4n) is 2.03. The summed E-state index contributed by atoms with van der Waals surface area (Å²) in [6.07, 6.45) is 1.92. The van der Waals surface area contributed by atoms with Crippen LogP contribution < -0.4 is 5.73 Å². The predicted octanol–water partition coefficient (Wildman–Crippen LogP) is 0.972. The van der Waals surface area contributed by atoms with Gasteiger partial charge in [0.05, 0.1) is 4.90 Å². The van der Waals surface area contributed by atoms with Crippen LogP contribution in [0.4, 0.5) is 5.69 Å². The SMILES string of the molecule is Cc1cc(N)ccc1S(=O)(=O)CC(=O)N(C)C1CC1. The van der Waals surface area contributed by atoms with E-state index in [9.17, 15) is 13.2 Å². The van der Waals surface area contributed by atoms with E-state index in [-0.39, 0.29) is 16.8 Å². The Hall–Kier alpha value is -1.56. The van der Waals surface area contributed by atoms with E-state index in [1.54, 1.807) is 20.0 Å². The first-order chi connectivity index (χ1) is 8.81. The van der Waals surface area contributed by atoms with E-state index in [1.165, 1.54) is 17.0 Å². The third-order valence-corrected chi connectivity index (χ3v) is 5.09. The number of amides is 1. The normalized spacial score (nSPS) is 15.3. The minimum atomic E-state index is -3.60. The Bertz CT molecular complexity index is 606. The second kappa shape index (κ2) is 4.85. The van der Waals surface area contributed by atoms with E-state index in [0.29, 0.717) is 11.3 Å². The standard InChI is InChI=1S/C13H18N2O3S/c1-9-7-10(14)3-6-12(9)19(17,18)8-13(16)15(2)11-4-5-11/h3,6-7,11H,4-5,8,14H2,1-2H3. The number of rotatable bonds is 4. The smallest absolute Gasteiger partial charge is 0.238 e. The fraction of sp³-hybridized carbons (Fsp3) is 0.462. The maximum atomic E-state index is 12.2. The molecule has 5 nitrogen and oxygen atoms in total. The Morgan fingerprint density at radius 2 is 2.05 bits per heavy atom. The summed E-state index contributed by atoms with van der Waals surface area (Å²) in [7, 11) is -1.95. The van der Waals surface area contributed by atoms with Gasteiger partial charge in [0, 0.05) is 18.8 Å². The number of hydrogen-bond donors (Lipinski definition) is 1. The molecule has 104 valence electrons. The Kier molecular flexibility index (Phi) is 3.54. The molecule has 0 saturated heterocycles. The Balaban J connectivity index is 2.20. The van der Waals surface area contributed by atoms with Gasteiger partial charge in [-0.25, -0.2) is 8.42 Å². The summed E-state index contributed by atoms with van der Waals surface area (Å²) in [5.74, 6) is -0.830. The number of nitrogen functional groups attached to an aromatic ring is 1. The second-order valence-electron chi connectivity index (χ2n) is 5.02. The lowest BCUT2D eigenvalue weighted by Crippen LogP contribution is -2.34. The third kappa shape index (κ3) is 3.07. The predicted molar refractivity (Wildman–Crippen MR) is 73.4 cm³/mol. The number of sulfone groups is 1. The first kappa shape index (κ1) is 13.9. The Morgan fingerprint density at radius 3 is 2.58 bits per heavy atom. The molecule has 1 aliphatic rings. The molecule has 19 heavy (non-hydrogen) atoms. The van der Waals surface area contributed by atoms with E-state index >= 15 is 0 Å². The zero-order chi connectivity index (χ0) is 14.2. The van der Waals surface area contributed by atoms with Gasteiger partial charge < -0.3 is 10.6 Å². The average molecular weight is 282 g/mol. The summed E-state index contributed by atoms with van der Waals surface area (Å²) in [6, 6.07) is 4.82. The van der Waals surface area contributed by atoms with Crippen molar-refractivity contribution in [3.8, 4) is 0 Å². The fourth-order valence-corrected chi connectivity index (χ4v) is 3.54. The van der Waals surface area contributed by atoms with Crippen LogP contribution in [0.3, 0.4) is 0 Å². The summed E-state index contributed by atoms with van der Waals surface area (Å²) in [5, 5.41) is 0. The van der Waals surface area contributed by atoms with Crippen LogP contribution in [0, 0.1) is 6.92 Å². The number of aryl methyl sites for hydroxylation is 1. The topological polar surface area (TPSA) is 80.5 Å². The quantitative estimate of drug-likeness (QED) is 0.834. The molecule has 0 aliphatic heterocycles. The molecule has 1 aliphatic carbocycles. The molecule has 1 aromatic rings. The van der Waals surface area contributed by atoms with Gasteiger partial charge in [0.25, 0.3) is 0 Å². The van der Waals surface area contributed by atoms with Crippen molar-refractivity contribution in [3.05, 3.63) is 23.8 Å². The van der Waals surface area contributed by atoms with Gasteiger partial charge in [0.15, 0.2) is 9.84 Å². The first-order valence-corrected chi connectivity index (χ1v) is 7.81. The molecule has 2 N–H and O–H groups in total. The molecule has 1 saturated carbocycles. The summed E-state index contributed by atoms with van der Waals surface area (Å²) in [4.78, 5) is 13.6. The molecule has 0 radical (unpaired) electrons. The monoisotopic (exact) mass is 282 g/mol. The van der Waals surface area contributed by atoms with Crippen molar-refractivity contribution >= 4 is 21.4 Å². The van der Waals surface area contributed by atoms with Gasteiger partial charge in [-0.05, 0) is 43.5 Å². The average Bonchev–Trinajstić information content (AvgIpc) is 3.10. The highest BCUT2D eigenvalue weighted by atomic mass is 32.2. The molecule has 0 spiro atoms. The largest absolute Gasteiger partial charge is 0.399 e. The van der Waals surface area contributed by atoms with Crippen molar-refractivity contribution < 1.29 is 13.2 Å². The van der Waals surface area contributed by atoms with Gasteiger partial charge in [0.1, 0.15) is 5.75 Å². The summed E-state index contributed by atoms with van der Waals surface area (Å²) < 4.78 is 24.5. The molecule has 0 bridgehead atoms. The van der Waals surface area contributed by atoms with Gasteiger partial charge >= 0.3 is 0 Å². The molecule has 0 aromatic heterocycles. The highest BCUT2D eigenvalue weighted by molar-refractivity contribution is 7.92. The van der Waals surface area contributed by atoms with Crippen molar-refractivity contribution in [2.75, 3.05) is 18.5 Å². The maximum absolute atomic E-state index is 12.2. The van der Waals surface area contributed by atoms with Crippen molar-refractivity contribution in [2.45, 2.75) is 30.7 Å². The van der Waals surface area contributed by atoms with Crippen molar-refractivity contribution in [1.82, 2.24) is 4.90 Å². The van der Waals surface area contributed by atoms with Gasteiger partial charge in [-0.2, -0.15) is 0 Å². The molecule has 0 unspecified atom stereocenters. The number of anilines is 1. The summed E-state index contributed by atoms with van der Waals surface area (Å²) >= 11 is 0. The lowest BCUT2D eigenvalue weighted by molar-refractivity contribution is -0.127. The van der Waals surface area contributed by atoms with Crippen LogP contribution in [0.15, 0.2) is 23.1 Å². The zero-order valence-corrected chi connectivity index (χ0v) is 11.9. The molecule has 6 heteroatoms. The Labute approximate surface area is 113 Å². The summed E-state index contributed by atoms with van der Waals surface area (Å²) in [5.41, 5.74) is 6.68. The van der Waals surface area contributed by atoms with Crippen molar-refractivity contribution in [1.29, 1.82) is 0 Å². The van der Waals surface area contributed by atoms with Gasteiger partial charge in [-0.3, -0.25) is 4.79 Å². The van der Waals surface area contributed by atoms with Crippen molar-refractivity contribution in [3.63, 3.8) is 0 Å². The lowest BCUT2D eigenvalue weighted by Gasteiger charge is -2.16. The minimum Gasteiger partial charge on any atom is -0.399 e. The number of nitrogens with zero attached hydrogens (tertiary/aromatic N) is 1. The van der Waals surface area contributed by atoms with E-state index in [0.717, 1.165) is 12.8 Å². The van der Waals surface area contributed by atoms with Crippen molar-refractivity contribution in [2.24, 2.45) is 0 Å². The molecule has 1 aromatic carbocycles. The van der Waals surface area contributed by atoms with Crippen LogP contribution in [0.1, 0.15) is 18.4 Å². The van der Waals surface area contributed by atoms with E-state index in [2.05, 4.69) is 0 Å². The van der Waals surface area contributed by atoms with Gasteiger partial charge in [-0.1, -0.05) is 0 Å². The first-order valence-electron chi connectivity index (χ1n) is 6.16. The molecular weight excluding hydrogens is 264 g/mol. The lowest BCUT2D eigenvalue weighted by atomic mass is 10.2. The second-order valence-corrected chi connectivity index (χ2v) is 6.98.